The Hall–Kier alpha value is -0.900. The normalized spacial score (nSPS) is 20.0. The van der Waals surface area contributed by atoms with Gasteiger partial charge in [-0.05, 0) is 31.0 Å². The van der Waals surface area contributed by atoms with Crippen LogP contribution in [-0.2, 0) is 16.2 Å². The lowest BCUT2D eigenvalue weighted by molar-refractivity contribution is -0.137. The highest BCUT2D eigenvalue weighted by Gasteiger charge is 2.38. The molecular weight excluding hydrogens is 348 g/mol. The fourth-order valence-corrected chi connectivity index (χ4v) is 4.16. The average Bonchev–Trinajstić information content (AvgIpc) is 2.86. The highest BCUT2D eigenvalue weighted by Crippen LogP contribution is 2.33. The number of halogens is 5. The van der Waals surface area contributed by atoms with Crippen LogP contribution < -0.4 is 5.73 Å². The summed E-state index contributed by atoms with van der Waals surface area (Å²) < 4.78 is 77.4. The average molecular weight is 363 g/mol. The van der Waals surface area contributed by atoms with Gasteiger partial charge in [0.25, 0.3) is 0 Å². The van der Waals surface area contributed by atoms with E-state index in [1.165, 1.54) is 0 Å². The molecule has 0 radical (unpaired) electrons. The monoisotopic (exact) mass is 362 g/mol. The molecule has 126 valence electrons. The minimum Gasteiger partial charge on any atom is -0.329 e. The van der Waals surface area contributed by atoms with Crippen LogP contribution in [0.5, 0.6) is 0 Å². The minimum absolute atomic E-state index is 0. The van der Waals surface area contributed by atoms with Crippen molar-refractivity contribution in [2.24, 2.45) is 5.73 Å². The first-order valence-corrected chi connectivity index (χ1v) is 7.70. The maximum Gasteiger partial charge on any atom is 0.416 e. The SMILES string of the molecule is Cl.NCC1CCCN1S(=O)(=O)c1cc(C(F)(F)F)ccc1F. The number of hydrogen-bond donors (Lipinski definition) is 1. The number of benzene rings is 1. The molecule has 2 rings (SSSR count). The first kappa shape index (κ1) is 19.1. The number of nitrogens with two attached hydrogens (primary N) is 1. The largest absolute Gasteiger partial charge is 0.416 e. The smallest absolute Gasteiger partial charge is 0.329 e. The van der Waals surface area contributed by atoms with Crippen LogP contribution in [0.4, 0.5) is 17.6 Å². The Morgan fingerprint density at radius 3 is 2.50 bits per heavy atom. The minimum atomic E-state index is -4.74. The van der Waals surface area contributed by atoms with Crippen LogP contribution in [0, 0.1) is 5.82 Å². The molecule has 10 heteroatoms. The molecule has 1 fully saturated rings. The molecule has 0 bridgehead atoms. The molecule has 0 spiro atoms. The number of hydrogen-bond acceptors (Lipinski definition) is 3. The molecule has 1 atom stereocenters. The number of rotatable bonds is 3. The lowest BCUT2D eigenvalue weighted by Crippen LogP contribution is -2.40. The van der Waals surface area contributed by atoms with E-state index in [0.717, 1.165) is 4.31 Å². The maximum atomic E-state index is 13.7. The summed E-state index contributed by atoms with van der Waals surface area (Å²) in [5.41, 5.74) is 4.25. The van der Waals surface area contributed by atoms with E-state index in [-0.39, 0.29) is 25.5 Å². The van der Waals surface area contributed by atoms with Crippen LogP contribution >= 0.6 is 12.4 Å². The van der Waals surface area contributed by atoms with Crippen LogP contribution in [0.3, 0.4) is 0 Å². The molecule has 0 saturated carbocycles. The second-order valence-electron chi connectivity index (χ2n) is 4.79. The predicted octanol–water partition coefficient (Wildman–Crippen LogP) is 2.38. The molecule has 1 aromatic carbocycles. The quantitative estimate of drug-likeness (QED) is 0.840. The van der Waals surface area contributed by atoms with Gasteiger partial charge in [0.05, 0.1) is 5.56 Å². The summed E-state index contributed by atoms with van der Waals surface area (Å²) in [6.45, 7) is 0.166. The van der Waals surface area contributed by atoms with E-state index in [0.29, 0.717) is 31.0 Å². The van der Waals surface area contributed by atoms with Crippen molar-refractivity contribution in [2.45, 2.75) is 30.0 Å². The molecular formula is C12H15ClF4N2O2S. The summed E-state index contributed by atoms with van der Waals surface area (Å²) >= 11 is 0. The Morgan fingerprint density at radius 2 is 1.95 bits per heavy atom. The molecule has 1 aromatic rings. The summed E-state index contributed by atoms with van der Waals surface area (Å²) in [7, 11) is -4.34. The van der Waals surface area contributed by atoms with Crippen molar-refractivity contribution in [3.63, 3.8) is 0 Å². The van der Waals surface area contributed by atoms with E-state index >= 15 is 0 Å². The zero-order valence-electron chi connectivity index (χ0n) is 11.3. The van der Waals surface area contributed by atoms with Crippen molar-refractivity contribution in [3.8, 4) is 0 Å². The standard InChI is InChI=1S/C12H14F4N2O2S.ClH/c13-10-4-3-8(12(14,15)16)6-11(10)21(19,20)18-5-1-2-9(18)7-17;/h3-4,6,9H,1-2,5,7,17H2;1H. The first-order chi connectivity index (χ1) is 9.67. The summed E-state index contributed by atoms with van der Waals surface area (Å²) in [6.07, 6.45) is -3.69. The topological polar surface area (TPSA) is 63.4 Å². The van der Waals surface area contributed by atoms with E-state index in [1.807, 2.05) is 0 Å². The number of alkyl halides is 3. The van der Waals surface area contributed by atoms with Gasteiger partial charge >= 0.3 is 6.18 Å². The molecule has 22 heavy (non-hydrogen) atoms. The molecule has 1 heterocycles. The fraction of sp³-hybridized carbons (Fsp3) is 0.500. The van der Waals surface area contributed by atoms with Crippen LogP contribution in [0.2, 0.25) is 0 Å². The molecule has 1 aliphatic heterocycles. The third-order valence-corrected chi connectivity index (χ3v) is 5.41. The van der Waals surface area contributed by atoms with Gasteiger partial charge in [0.1, 0.15) is 10.7 Å². The molecule has 1 aliphatic rings. The van der Waals surface area contributed by atoms with Crippen molar-refractivity contribution in [1.82, 2.24) is 4.31 Å². The van der Waals surface area contributed by atoms with E-state index in [4.69, 9.17) is 5.73 Å². The predicted molar refractivity (Wildman–Crippen MR) is 74.6 cm³/mol. The second kappa shape index (κ2) is 6.69. The maximum absolute atomic E-state index is 13.7. The van der Waals surface area contributed by atoms with Gasteiger partial charge in [-0.25, -0.2) is 12.8 Å². The van der Waals surface area contributed by atoms with Crippen molar-refractivity contribution < 1.29 is 26.0 Å². The number of sulfonamides is 1. The highest BCUT2D eigenvalue weighted by molar-refractivity contribution is 7.89. The molecule has 1 unspecified atom stereocenters. The summed E-state index contributed by atoms with van der Waals surface area (Å²) in [4.78, 5) is -0.960. The Kier molecular flexibility index (Phi) is 5.82. The fourth-order valence-electron chi connectivity index (χ4n) is 2.36. The molecule has 2 N–H and O–H groups in total. The van der Waals surface area contributed by atoms with Gasteiger partial charge < -0.3 is 5.73 Å². The van der Waals surface area contributed by atoms with Gasteiger partial charge in [0.2, 0.25) is 10.0 Å². The third-order valence-electron chi connectivity index (χ3n) is 3.44. The highest BCUT2D eigenvalue weighted by atomic mass is 35.5. The van der Waals surface area contributed by atoms with E-state index in [2.05, 4.69) is 0 Å². The Bertz CT molecular complexity index is 637. The van der Waals surface area contributed by atoms with Crippen molar-refractivity contribution in [2.75, 3.05) is 13.1 Å². The van der Waals surface area contributed by atoms with Crippen LogP contribution in [0.15, 0.2) is 23.1 Å². The lowest BCUT2D eigenvalue weighted by Gasteiger charge is -2.23. The van der Waals surface area contributed by atoms with Crippen LogP contribution in [0.1, 0.15) is 18.4 Å². The Morgan fingerprint density at radius 1 is 1.32 bits per heavy atom. The van der Waals surface area contributed by atoms with Gasteiger partial charge in [-0.3, -0.25) is 0 Å². The molecule has 4 nitrogen and oxygen atoms in total. The van der Waals surface area contributed by atoms with Gasteiger partial charge in [0.15, 0.2) is 0 Å². The van der Waals surface area contributed by atoms with E-state index < -0.39 is 38.5 Å². The zero-order chi connectivity index (χ0) is 15.8. The van der Waals surface area contributed by atoms with Gasteiger partial charge in [-0.15, -0.1) is 12.4 Å². The summed E-state index contributed by atoms with van der Waals surface area (Å²) in [5.74, 6) is -1.20. The zero-order valence-corrected chi connectivity index (χ0v) is 12.9. The second-order valence-corrected chi connectivity index (χ2v) is 6.65. The first-order valence-electron chi connectivity index (χ1n) is 6.26. The molecule has 0 aliphatic carbocycles. The van der Waals surface area contributed by atoms with Gasteiger partial charge in [-0.2, -0.15) is 17.5 Å². The Labute approximate surface area is 131 Å². The van der Waals surface area contributed by atoms with Crippen LogP contribution in [0.25, 0.3) is 0 Å². The van der Waals surface area contributed by atoms with E-state index in [9.17, 15) is 26.0 Å². The van der Waals surface area contributed by atoms with Crippen molar-refractivity contribution in [1.29, 1.82) is 0 Å². The lowest BCUT2D eigenvalue weighted by atomic mass is 10.2. The van der Waals surface area contributed by atoms with Gasteiger partial charge in [0, 0.05) is 19.1 Å². The van der Waals surface area contributed by atoms with Crippen molar-refractivity contribution in [3.05, 3.63) is 29.6 Å². The molecule has 0 aromatic heterocycles. The molecule has 0 amide bonds. The Balaban J connectivity index is 0.00000242. The summed E-state index contributed by atoms with van der Waals surface area (Å²) in [5, 5.41) is 0. The summed E-state index contributed by atoms with van der Waals surface area (Å²) in [6, 6.07) is 0.849. The van der Waals surface area contributed by atoms with E-state index in [1.54, 1.807) is 0 Å². The third kappa shape index (κ3) is 3.53. The number of nitrogens with zero attached hydrogens (tertiary/aromatic N) is 1. The van der Waals surface area contributed by atoms with Crippen LogP contribution in [-0.4, -0.2) is 31.9 Å². The molecule has 1 saturated heterocycles. The van der Waals surface area contributed by atoms with Crippen molar-refractivity contribution >= 4 is 22.4 Å². The van der Waals surface area contributed by atoms with Gasteiger partial charge in [-0.1, -0.05) is 0 Å².